The van der Waals surface area contributed by atoms with Crippen LogP contribution in [0.1, 0.15) is 50.0 Å². The number of benzene rings is 3. The molecule has 3 rings (SSSR count). The highest BCUT2D eigenvalue weighted by molar-refractivity contribution is 5.88. The predicted molar refractivity (Wildman–Crippen MR) is 134 cm³/mol. The minimum atomic E-state index is -0.939. The van der Waals surface area contributed by atoms with E-state index < -0.39 is 5.97 Å². The first-order chi connectivity index (χ1) is 15.7. The molecule has 5 nitrogen and oxygen atoms in total. The van der Waals surface area contributed by atoms with Crippen molar-refractivity contribution >= 4 is 11.7 Å². The average molecular weight is 448 g/mol. The first kappa shape index (κ1) is 24.3. The molecular formula is C28H33NO4. The molecule has 0 saturated heterocycles. The van der Waals surface area contributed by atoms with Crippen molar-refractivity contribution < 1.29 is 19.7 Å². The van der Waals surface area contributed by atoms with Crippen molar-refractivity contribution in [3.63, 3.8) is 0 Å². The maximum absolute atomic E-state index is 11.2. The van der Waals surface area contributed by atoms with E-state index >= 15 is 0 Å². The fraction of sp³-hybridized carbons (Fsp3) is 0.321. The molecule has 0 radical (unpaired) electrons. The van der Waals surface area contributed by atoms with E-state index in [1.54, 1.807) is 12.1 Å². The highest BCUT2D eigenvalue weighted by Crippen LogP contribution is 2.39. The normalized spacial score (nSPS) is 11.3. The summed E-state index contributed by atoms with van der Waals surface area (Å²) in [7, 11) is 0. The lowest BCUT2D eigenvalue weighted by Crippen LogP contribution is -2.15. The Bertz CT molecular complexity index is 1100. The van der Waals surface area contributed by atoms with Gasteiger partial charge in [0.2, 0.25) is 0 Å². The van der Waals surface area contributed by atoms with Crippen LogP contribution in [0.25, 0.3) is 22.3 Å². The Kier molecular flexibility index (Phi) is 7.77. The van der Waals surface area contributed by atoms with Gasteiger partial charge in [0.25, 0.3) is 0 Å². The van der Waals surface area contributed by atoms with Gasteiger partial charge in [-0.2, -0.15) is 0 Å². The van der Waals surface area contributed by atoms with Crippen LogP contribution in [0.5, 0.6) is 5.75 Å². The van der Waals surface area contributed by atoms with Crippen molar-refractivity contribution in [3.05, 3.63) is 71.8 Å². The number of hydrogen-bond donors (Lipinski definition) is 3. The molecule has 0 fully saturated rings. The summed E-state index contributed by atoms with van der Waals surface area (Å²) in [5.41, 5.74) is 6.47. The van der Waals surface area contributed by atoms with Crippen LogP contribution in [-0.2, 0) is 5.41 Å². The maximum atomic E-state index is 11.2. The van der Waals surface area contributed by atoms with Gasteiger partial charge in [0, 0.05) is 30.8 Å². The lowest BCUT2D eigenvalue weighted by atomic mass is 9.83. The largest absolute Gasteiger partial charge is 0.493 e. The van der Waals surface area contributed by atoms with E-state index in [-0.39, 0.29) is 17.6 Å². The standard InChI is InChI=1S/C28H33NO4/c1-5-29-25-13-11-22(18-24(25)28(2,3)4)23-17-21(12-14-26(23)33-16-6-15-30)19-7-9-20(10-8-19)27(31)32/h7-14,17-18,29-30H,5-6,15-16H2,1-4H3,(H,31,32). The van der Waals surface area contributed by atoms with Crippen molar-refractivity contribution in [3.8, 4) is 28.0 Å². The predicted octanol–water partition coefficient (Wildman–Crippen LogP) is 6.21. The summed E-state index contributed by atoms with van der Waals surface area (Å²) in [5, 5.41) is 21.8. The Morgan fingerprint density at radius 2 is 1.61 bits per heavy atom. The lowest BCUT2D eigenvalue weighted by molar-refractivity contribution is 0.0697. The fourth-order valence-electron chi connectivity index (χ4n) is 3.79. The number of carbonyl (C=O) groups is 1. The summed E-state index contributed by atoms with van der Waals surface area (Å²) in [6.07, 6.45) is 0.560. The van der Waals surface area contributed by atoms with Crippen molar-refractivity contribution in [2.24, 2.45) is 0 Å². The van der Waals surface area contributed by atoms with Gasteiger partial charge in [-0.15, -0.1) is 0 Å². The fourth-order valence-corrected chi connectivity index (χ4v) is 3.79. The topological polar surface area (TPSA) is 78.8 Å². The van der Waals surface area contributed by atoms with Gasteiger partial charge in [-0.05, 0) is 71.0 Å². The molecule has 0 saturated carbocycles. The van der Waals surface area contributed by atoms with E-state index in [1.807, 2.05) is 24.3 Å². The van der Waals surface area contributed by atoms with Crippen LogP contribution in [0, 0.1) is 0 Å². The average Bonchev–Trinajstić information content (AvgIpc) is 2.79. The molecular weight excluding hydrogens is 414 g/mol. The van der Waals surface area contributed by atoms with E-state index in [0.29, 0.717) is 13.0 Å². The zero-order chi connectivity index (χ0) is 24.0. The van der Waals surface area contributed by atoms with E-state index in [2.05, 4.69) is 57.3 Å². The number of carboxylic acids is 1. The van der Waals surface area contributed by atoms with Crippen LogP contribution < -0.4 is 10.1 Å². The number of aromatic carboxylic acids is 1. The van der Waals surface area contributed by atoms with Crippen LogP contribution >= 0.6 is 0 Å². The number of aliphatic hydroxyl groups excluding tert-OH is 1. The molecule has 33 heavy (non-hydrogen) atoms. The zero-order valence-corrected chi connectivity index (χ0v) is 19.8. The highest BCUT2D eigenvalue weighted by Gasteiger charge is 2.20. The van der Waals surface area contributed by atoms with Gasteiger partial charge in [-0.1, -0.05) is 45.0 Å². The second-order valence-corrected chi connectivity index (χ2v) is 9.06. The van der Waals surface area contributed by atoms with Crippen molar-refractivity contribution in [1.82, 2.24) is 0 Å². The quantitative estimate of drug-likeness (QED) is 0.340. The minimum Gasteiger partial charge on any atom is -0.493 e. The van der Waals surface area contributed by atoms with Crippen molar-refractivity contribution in [2.75, 3.05) is 25.1 Å². The third kappa shape index (κ3) is 5.93. The number of carboxylic acid groups (broad SMARTS) is 1. The molecule has 174 valence electrons. The molecule has 0 heterocycles. The van der Waals surface area contributed by atoms with E-state index in [0.717, 1.165) is 40.2 Å². The molecule has 0 aliphatic rings. The first-order valence-electron chi connectivity index (χ1n) is 11.3. The molecule has 5 heteroatoms. The smallest absolute Gasteiger partial charge is 0.335 e. The summed E-state index contributed by atoms with van der Waals surface area (Å²) >= 11 is 0. The molecule has 0 atom stereocenters. The van der Waals surface area contributed by atoms with E-state index in [4.69, 9.17) is 9.84 Å². The summed E-state index contributed by atoms with van der Waals surface area (Å²) in [6, 6.07) is 19.3. The molecule has 0 aliphatic carbocycles. The molecule has 3 aromatic carbocycles. The van der Waals surface area contributed by atoms with Gasteiger partial charge < -0.3 is 20.3 Å². The first-order valence-corrected chi connectivity index (χ1v) is 11.3. The molecule has 0 amide bonds. The third-order valence-corrected chi connectivity index (χ3v) is 5.51. The van der Waals surface area contributed by atoms with Crippen molar-refractivity contribution in [2.45, 2.75) is 39.5 Å². The minimum absolute atomic E-state index is 0.0459. The maximum Gasteiger partial charge on any atom is 0.335 e. The van der Waals surface area contributed by atoms with Gasteiger partial charge in [0.15, 0.2) is 0 Å². The van der Waals surface area contributed by atoms with Gasteiger partial charge >= 0.3 is 5.97 Å². The van der Waals surface area contributed by atoms with Crippen LogP contribution in [0.3, 0.4) is 0 Å². The number of aliphatic hydroxyl groups is 1. The molecule has 0 aliphatic heterocycles. The summed E-state index contributed by atoms with van der Waals surface area (Å²) in [5.74, 6) is -0.184. The van der Waals surface area contributed by atoms with Crippen LogP contribution in [0.4, 0.5) is 5.69 Å². The van der Waals surface area contributed by atoms with Gasteiger partial charge in [-0.3, -0.25) is 0 Å². The molecule has 0 spiro atoms. The lowest BCUT2D eigenvalue weighted by Gasteiger charge is -2.25. The highest BCUT2D eigenvalue weighted by atomic mass is 16.5. The summed E-state index contributed by atoms with van der Waals surface area (Å²) in [6.45, 7) is 10.0. The molecule has 0 unspecified atom stereocenters. The van der Waals surface area contributed by atoms with Gasteiger partial charge in [0.1, 0.15) is 5.75 Å². The van der Waals surface area contributed by atoms with Crippen LogP contribution in [0.2, 0.25) is 0 Å². The molecule has 0 aromatic heterocycles. The number of hydrogen-bond acceptors (Lipinski definition) is 4. The Morgan fingerprint density at radius 1 is 0.939 bits per heavy atom. The summed E-state index contributed by atoms with van der Waals surface area (Å²) in [4.78, 5) is 11.2. The van der Waals surface area contributed by atoms with Crippen LogP contribution in [-0.4, -0.2) is 35.9 Å². The molecule has 3 aromatic rings. The number of nitrogens with one attached hydrogen (secondary N) is 1. The monoisotopic (exact) mass is 447 g/mol. The van der Waals surface area contributed by atoms with Crippen LogP contribution in [0.15, 0.2) is 60.7 Å². The van der Waals surface area contributed by atoms with Gasteiger partial charge in [0.05, 0.1) is 12.2 Å². The number of anilines is 1. The Labute approximate surface area is 196 Å². The summed E-state index contributed by atoms with van der Waals surface area (Å²) < 4.78 is 6.02. The van der Waals surface area contributed by atoms with E-state index in [1.165, 1.54) is 5.56 Å². The molecule has 3 N–H and O–H groups in total. The Hall–Kier alpha value is -3.31. The second kappa shape index (κ2) is 10.5. The Balaban J connectivity index is 2.11. The van der Waals surface area contributed by atoms with E-state index in [9.17, 15) is 9.90 Å². The second-order valence-electron chi connectivity index (χ2n) is 9.06. The number of ether oxygens (including phenoxy) is 1. The zero-order valence-electron chi connectivity index (χ0n) is 19.8. The van der Waals surface area contributed by atoms with Gasteiger partial charge in [-0.25, -0.2) is 4.79 Å². The Morgan fingerprint density at radius 3 is 2.21 bits per heavy atom. The number of rotatable bonds is 9. The van der Waals surface area contributed by atoms with Crippen molar-refractivity contribution in [1.29, 1.82) is 0 Å². The SMILES string of the molecule is CCNc1ccc(-c2cc(-c3ccc(C(=O)O)cc3)ccc2OCCCO)cc1C(C)(C)C. The molecule has 0 bridgehead atoms. The third-order valence-electron chi connectivity index (χ3n) is 5.51.